The van der Waals surface area contributed by atoms with Gasteiger partial charge in [0, 0.05) is 34.4 Å². The van der Waals surface area contributed by atoms with Gasteiger partial charge in [0.25, 0.3) is 0 Å². The zero-order chi connectivity index (χ0) is 34.8. The fourth-order valence-electron chi connectivity index (χ4n) is 3.59. The van der Waals surface area contributed by atoms with Crippen LogP contribution in [0.3, 0.4) is 0 Å². The number of benzene rings is 3. The summed E-state index contributed by atoms with van der Waals surface area (Å²) in [7, 11) is 0. The van der Waals surface area contributed by atoms with E-state index in [9.17, 15) is 19.2 Å². The van der Waals surface area contributed by atoms with Gasteiger partial charge >= 0.3 is 23.9 Å². The molecule has 0 spiro atoms. The molecule has 0 atom stereocenters. The molecule has 0 aliphatic heterocycles. The van der Waals surface area contributed by atoms with Crippen molar-refractivity contribution in [2.75, 3.05) is 0 Å². The van der Waals surface area contributed by atoms with E-state index in [4.69, 9.17) is 18.9 Å². The molecular weight excluding hydrogens is 603 g/mol. The normalized spacial score (nSPS) is 11.0. The summed E-state index contributed by atoms with van der Waals surface area (Å²) >= 11 is 0. The number of halogens is 1. The van der Waals surface area contributed by atoms with Gasteiger partial charge in [0.15, 0.2) is 0 Å². The lowest BCUT2D eigenvalue weighted by molar-refractivity contribution is -0.137. The Labute approximate surface area is 273 Å². The van der Waals surface area contributed by atoms with Crippen LogP contribution < -0.4 is 18.9 Å². The van der Waals surface area contributed by atoms with Crippen molar-refractivity contribution < 1.29 is 42.5 Å². The molecule has 0 heterocycles. The first kappa shape index (κ1) is 35.6. The standard InChI is InChI=1S/C38H35FO8/c1-22(2)35(40)44-30-15-27(16-31(20-30)45-36(41)23(3)4)10-9-26-11-13-29(34(39)19-26)14-12-28-17-32(46-37(42)24(5)6)21-33(18-28)47-38(43)25(7)8/h9-21,23H,1,5,7H2,2-4,6,8H3/b10-9+,14-12+. The minimum Gasteiger partial charge on any atom is -0.426 e. The molecule has 47 heavy (non-hydrogen) atoms. The van der Waals surface area contributed by atoms with E-state index in [2.05, 4.69) is 19.7 Å². The van der Waals surface area contributed by atoms with Crippen molar-refractivity contribution in [2.45, 2.75) is 34.6 Å². The van der Waals surface area contributed by atoms with Crippen LogP contribution in [-0.2, 0) is 19.2 Å². The lowest BCUT2D eigenvalue weighted by atomic mass is 10.1. The Morgan fingerprint density at radius 1 is 0.574 bits per heavy atom. The Kier molecular flexibility index (Phi) is 12.1. The number of esters is 4. The summed E-state index contributed by atoms with van der Waals surface area (Å²) in [5, 5.41) is 0. The highest BCUT2D eigenvalue weighted by molar-refractivity contribution is 5.90. The van der Waals surface area contributed by atoms with Gasteiger partial charge in [-0.1, -0.05) is 70.0 Å². The van der Waals surface area contributed by atoms with Gasteiger partial charge in [-0.15, -0.1) is 0 Å². The third-order valence-corrected chi connectivity index (χ3v) is 6.12. The molecule has 9 heteroatoms. The van der Waals surface area contributed by atoms with Gasteiger partial charge in [0.05, 0.1) is 5.92 Å². The van der Waals surface area contributed by atoms with Crippen molar-refractivity contribution >= 4 is 48.2 Å². The molecule has 0 saturated carbocycles. The van der Waals surface area contributed by atoms with Gasteiger partial charge in [0.1, 0.15) is 28.8 Å². The maximum atomic E-state index is 15.2. The maximum Gasteiger partial charge on any atom is 0.338 e. The van der Waals surface area contributed by atoms with Crippen LogP contribution in [0, 0.1) is 11.7 Å². The van der Waals surface area contributed by atoms with Gasteiger partial charge in [-0.2, -0.15) is 0 Å². The second kappa shape index (κ2) is 15.9. The van der Waals surface area contributed by atoms with Crippen LogP contribution in [0.4, 0.5) is 4.39 Å². The molecular formula is C38H35FO8. The van der Waals surface area contributed by atoms with Crippen molar-refractivity contribution in [2.24, 2.45) is 5.92 Å². The van der Waals surface area contributed by atoms with Crippen LogP contribution in [-0.4, -0.2) is 23.9 Å². The molecule has 3 aromatic rings. The molecule has 3 rings (SSSR count). The van der Waals surface area contributed by atoms with E-state index in [1.807, 2.05) is 0 Å². The molecule has 242 valence electrons. The smallest absolute Gasteiger partial charge is 0.338 e. The molecule has 0 unspecified atom stereocenters. The van der Waals surface area contributed by atoms with Gasteiger partial charge < -0.3 is 18.9 Å². The number of carbonyl (C=O) groups is 4. The van der Waals surface area contributed by atoms with E-state index in [1.165, 1.54) is 57.2 Å². The lowest BCUT2D eigenvalue weighted by Crippen LogP contribution is -2.15. The Morgan fingerprint density at radius 2 is 0.957 bits per heavy atom. The summed E-state index contributed by atoms with van der Waals surface area (Å²) in [4.78, 5) is 48.4. The molecule has 0 aliphatic carbocycles. The van der Waals surface area contributed by atoms with Crippen LogP contribution in [0.25, 0.3) is 24.3 Å². The second-order valence-electron chi connectivity index (χ2n) is 11.0. The van der Waals surface area contributed by atoms with Crippen molar-refractivity contribution in [1.29, 1.82) is 0 Å². The predicted octanol–water partition coefficient (Wildman–Crippen LogP) is 8.17. The Bertz CT molecular complexity index is 1780. The van der Waals surface area contributed by atoms with E-state index in [0.29, 0.717) is 16.7 Å². The highest BCUT2D eigenvalue weighted by atomic mass is 19.1. The summed E-state index contributed by atoms with van der Waals surface area (Å²) in [6, 6.07) is 13.6. The monoisotopic (exact) mass is 638 g/mol. The van der Waals surface area contributed by atoms with Gasteiger partial charge in [-0.25, -0.2) is 18.8 Å². The van der Waals surface area contributed by atoms with Gasteiger partial charge in [-0.05, 0) is 67.8 Å². The first-order chi connectivity index (χ1) is 22.1. The number of carbonyl (C=O) groups excluding carboxylic acids is 4. The average Bonchev–Trinajstić information content (AvgIpc) is 2.99. The van der Waals surface area contributed by atoms with E-state index >= 15 is 4.39 Å². The number of hydrogen-bond donors (Lipinski definition) is 0. The minimum atomic E-state index is -0.662. The third kappa shape index (κ3) is 10.9. The van der Waals surface area contributed by atoms with E-state index in [1.54, 1.807) is 56.3 Å². The Morgan fingerprint density at radius 3 is 1.34 bits per heavy atom. The molecule has 8 nitrogen and oxygen atoms in total. The fraction of sp³-hybridized carbons (Fsp3) is 0.158. The lowest BCUT2D eigenvalue weighted by Gasteiger charge is -2.10. The second-order valence-corrected chi connectivity index (χ2v) is 11.0. The van der Waals surface area contributed by atoms with Crippen molar-refractivity contribution in [1.82, 2.24) is 0 Å². The molecule has 0 N–H and O–H groups in total. The Balaban J connectivity index is 1.88. The molecule has 0 saturated heterocycles. The van der Waals surface area contributed by atoms with Crippen LogP contribution in [0.1, 0.15) is 56.9 Å². The number of hydrogen-bond acceptors (Lipinski definition) is 8. The molecule has 0 radical (unpaired) electrons. The maximum absolute atomic E-state index is 15.2. The van der Waals surface area contributed by atoms with E-state index < -0.39 is 29.7 Å². The van der Waals surface area contributed by atoms with E-state index in [-0.39, 0.29) is 51.2 Å². The highest BCUT2D eigenvalue weighted by Gasteiger charge is 2.14. The molecule has 0 aliphatic rings. The highest BCUT2D eigenvalue weighted by Crippen LogP contribution is 2.28. The number of rotatable bonds is 12. The molecule has 0 fully saturated rings. The SMILES string of the molecule is C=C(C)C(=O)Oc1cc(/C=C/c2ccc(/C=C/c3cc(OC(=O)C(=C)C)cc(OC(=O)C(C)C)c3)cc2F)cc(OC(=O)C(=C)C)c1. The predicted molar refractivity (Wildman–Crippen MR) is 179 cm³/mol. The zero-order valence-electron chi connectivity index (χ0n) is 26.8. The van der Waals surface area contributed by atoms with Crippen molar-refractivity contribution in [3.8, 4) is 23.0 Å². The Hall–Kier alpha value is -5.83. The quantitative estimate of drug-likeness (QED) is 0.0847. The summed E-state index contributed by atoms with van der Waals surface area (Å²) in [6.07, 6.45) is 6.39. The van der Waals surface area contributed by atoms with Crippen LogP contribution in [0.5, 0.6) is 23.0 Å². The summed E-state index contributed by atoms with van der Waals surface area (Å²) in [5.74, 6) is -2.80. The number of ether oxygens (including phenoxy) is 4. The van der Waals surface area contributed by atoms with Crippen LogP contribution in [0.2, 0.25) is 0 Å². The first-order valence-corrected chi connectivity index (χ1v) is 14.4. The molecule has 0 aromatic heterocycles. The summed E-state index contributed by atoms with van der Waals surface area (Å²) in [5.41, 5.74) is 2.32. The third-order valence-electron chi connectivity index (χ3n) is 6.12. The van der Waals surface area contributed by atoms with Crippen LogP contribution >= 0.6 is 0 Å². The minimum absolute atomic E-state index is 0.103. The van der Waals surface area contributed by atoms with Crippen LogP contribution in [0.15, 0.2) is 91.1 Å². The van der Waals surface area contributed by atoms with Gasteiger partial charge in [-0.3, -0.25) is 4.79 Å². The zero-order valence-corrected chi connectivity index (χ0v) is 26.8. The molecule has 0 amide bonds. The van der Waals surface area contributed by atoms with E-state index in [0.717, 1.165) is 0 Å². The first-order valence-electron chi connectivity index (χ1n) is 14.4. The fourth-order valence-corrected chi connectivity index (χ4v) is 3.59. The largest absolute Gasteiger partial charge is 0.426 e. The topological polar surface area (TPSA) is 105 Å². The average molecular weight is 639 g/mol. The molecule has 3 aromatic carbocycles. The van der Waals surface area contributed by atoms with Gasteiger partial charge in [0.2, 0.25) is 0 Å². The molecule has 0 bridgehead atoms. The van der Waals surface area contributed by atoms with Crippen molar-refractivity contribution in [3.05, 3.63) is 119 Å². The van der Waals surface area contributed by atoms with Crippen molar-refractivity contribution in [3.63, 3.8) is 0 Å². The summed E-state index contributed by atoms with van der Waals surface area (Å²) < 4.78 is 36.5. The summed E-state index contributed by atoms with van der Waals surface area (Å²) in [6.45, 7) is 18.6.